The highest BCUT2D eigenvalue weighted by molar-refractivity contribution is 5.88. The monoisotopic (exact) mass is 296 g/mol. The number of rotatable bonds is 3. The fourth-order valence-electron chi connectivity index (χ4n) is 3.12. The second-order valence-corrected chi connectivity index (χ2v) is 5.92. The number of carbonyl (C=O) groups excluding carboxylic acids is 2. The molecule has 2 rings (SSSR count). The minimum Gasteiger partial charge on any atom is -0.480 e. The lowest BCUT2D eigenvalue weighted by molar-refractivity contribution is -0.153. The van der Waals surface area contributed by atoms with Gasteiger partial charge in [0, 0.05) is 19.5 Å². The Morgan fingerprint density at radius 2 is 1.76 bits per heavy atom. The molecule has 2 aliphatic heterocycles. The normalized spacial score (nSPS) is 24.4. The average molecular weight is 296 g/mol. The molecule has 0 aliphatic carbocycles. The van der Waals surface area contributed by atoms with Crippen molar-refractivity contribution in [3.8, 4) is 0 Å². The number of piperidine rings is 1. The van der Waals surface area contributed by atoms with E-state index in [1.54, 1.807) is 4.90 Å². The van der Waals surface area contributed by atoms with Gasteiger partial charge in [0.25, 0.3) is 0 Å². The molecule has 1 N–H and O–H groups in total. The van der Waals surface area contributed by atoms with Gasteiger partial charge in [0.1, 0.15) is 6.04 Å². The Hall–Kier alpha value is -1.59. The van der Waals surface area contributed by atoms with Crippen LogP contribution < -0.4 is 0 Å². The molecule has 2 aliphatic rings. The number of hydrogen-bond donors (Lipinski definition) is 1. The van der Waals surface area contributed by atoms with Crippen molar-refractivity contribution in [2.45, 2.75) is 57.4 Å². The van der Waals surface area contributed by atoms with Crippen LogP contribution in [0.3, 0.4) is 0 Å². The Balaban J connectivity index is 1.97. The fourth-order valence-corrected chi connectivity index (χ4v) is 3.12. The van der Waals surface area contributed by atoms with E-state index < -0.39 is 12.0 Å². The van der Waals surface area contributed by atoms with Gasteiger partial charge in [0.15, 0.2) is 0 Å². The molecule has 2 amide bonds. The quantitative estimate of drug-likeness (QED) is 0.850. The summed E-state index contributed by atoms with van der Waals surface area (Å²) in [5, 5.41) is 9.22. The third-order valence-corrected chi connectivity index (χ3v) is 4.36. The van der Waals surface area contributed by atoms with E-state index in [9.17, 15) is 19.5 Å². The molecule has 6 nitrogen and oxygen atoms in total. The van der Waals surface area contributed by atoms with E-state index in [-0.39, 0.29) is 18.4 Å². The Kier molecular flexibility index (Phi) is 5.59. The van der Waals surface area contributed by atoms with Gasteiger partial charge in [0.05, 0.1) is 6.54 Å². The fraction of sp³-hybridized carbons (Fsp3) is 0.800. The predicted octanol–water partition coefficient (Wildman–Crippen LogP) is 1.24. The maximum absolute atomic E-state index is 12.4. The van der Waals surface area contributed by atoms with Crippen molar-refractivity contribution >= 4 is 17.8 Å². The third kappa shape index (κ3) is 4.19. The van der Waals surface area contributed by atoms with E-state index in [4.69, 9.17) is 0 Å². The number of amides is 2. The zero-order chi connectivity index (χ0) is 15.2. The van der Waals surface area contributed by atoms with Gasteiger partial charge in [-0.15, -0.1) is 0 Å². The summed E-state index contributed by atoms with van der Waals surface area (Å²) >= 11 is 0. The zero-order valence-electron chi connectivity index (χ0n) is 12.4. The Bertz CT molecular complexity index is 410. The molecule has 0 aromatic carbocycles. The maximum atomic E-state index is 12.4. The van der Waals surface area contributed by atoms with Crippen molar-refractivity contribution in [1.82, 2.24) is 9.80 Å². The summed E-state index contributed by atoms with van der Waals surface area (Å²) in [6.45, 7) is 1.12. The Morgan fingerprint density at radius 3 is 2.52 bits per heavy atom. The second-order valence-electron chi connectivity index (χ2n) is 5.92. The van der Waals surface area contributed by atoms with Crippen LogP contribution in [0.15, 0.2) is 0 Å². The first-order chi connectivity index (χ1) is 10.1. The SMILES string of the molecule is O=C(O)C1CCCCN1C(=O)CN1CCCCCCC1=O. The maximum Gasteiger partial charge on any atom is 0.326 e. The van der Waals surface area contributed by atoms with E-state index in [2.05, 4.69) is 0 Å². The molecule has 1 unspecified atom stereocenters. The smallest absolute Gasteiger partial charge is 0.326 e. The molecule has 0 saturated carbocycles. The van der Waals surface area contributed by atoms with Gasteiger partial charge in [-0.2, -0.15) is 0 Å². The van der Waals surface area contributed by atoms with Gasteiger partial charge in [0.2, 0.25) is 11.8 Å². The Morgan fingerprint density at radius 1 is 1.05 bits per heavy atom. The molecule has 118 valence electrons. The van der Waals surface area contributed by atoms with E-state index in [0.29, 0.717) is 25.9 Å². The molecule has 2 saturated heterocycles. The molecule has 0 bridgehead atoms. The van der Waals surface area contributed by atoms with Crippen LogP contribution in [0, 0.1) is 0 Å². The average Bonchev–Trinajstić information content (AvgIpc) is 2.46. The lowest BCUT2D eigenvalue weighted by atomic mass is 10.0. The first-order valence-electron chi connectivity index (χ1n) is 7.89. The molecule has 2 fully saturated rings. The van der Waals surface area contributed by atoms with Gasteiger partial charge >= 0.3 is 5.97 Å². The highest BCUT2D eigenvalue weighted by Gasteiger charge is 2.33. The largest absolute Gasteiger partial charge is 0.480 e. The van der Waals surface area contributed by atoms with Crippen molar-refractivity contribution in [3.63, 3.8) is 0 Å². The third-order valence-electron chi connectivity index (χ3n) is 4.36. The molecule has 0 aromatic rings. The summed E-state index contributed by atoms with van der Waals surface area (Å²) in [7, 11) is 0. The molecule has 1 atom stereocenters. The molecule has 0 aromatic heterocycles. The lowest BCUT2D eigenvalue weighted by Gasteiger charge is -2.35. The molecule has 2 heterocycles. The summed E-state index contributed by atoms with van der Waals surface area (Å²) in [5.41, 5.74) is 0. The molecular weight excluding hydrogens is 272 g/mol. The van der Waals surface area contributed by atoms with Crippen molar-refractivity contribution in [3.05, 3.63) is 0 Å². The summed E-state index contributed by atoms with van der Waals surface area (Å²) in [6.07, 6.45) is 6.63. The predicted molar refractivity (Wildman–Crippen MR) is 76.7 cm³/mol. The lowest BCUT2D eigenvalue weighted by Crippen LogP contribution is -2.52. The number of likely N-dealkylation sites (tertiary alicyclic amines) is 2. The van der Waals surface area contributed by atoms with Crippen LogP contribution >= 0.6 is 0 Å². The second kappa shape index (κ2) is 7.43. The molecule has 0 radical (unpaired) electrons. The van der Waals surface area contributed by atoms with Crippen LogP contribution in [0.2, 0.25) is 0 Å². The van der Waals surface area contributed by atoms with Crippen LogP contribution in [-0.2, 0) is 14.4 Å². The van der Waals surface area contributed by atoms with Crippen LogP contribution in [0.4, 0.5) is 0 Å². The van der Waals surface area contributed by atoms with E-state index in [0.717, 1.165) is 38.5 Å². The summed E-state index contributed by atoms with van der Waals surface area (Å²) in [5.74, 6) is -1.15. The van der Waals surface area contributed by atoms with Gasteiger partial charge in [-0.1, -0.05) is 12.8 Å². The minimum atomic E-state index is -0.943. The van der Waals surface area contributed by atoms with Crippen molar-refractivity contribution < 1.29 is 19.5 Å². The first-order valence-corrected chi connectivity index (χ1v) is 7.89. The van der Waals surface area contributed by atoms with Gasteiger partial charge in [-0.05, 0) is 32.1 Å². The van der Waals surface area contributed by atoms with E-state index in [1.807, 2.05) is 0 Å². The molecule has 0 spiro atoms. The van der Waals surface area contributed by atoms with Crippen LogP contribution in [0.1, 0.15) is 51.4 Å². The number of hydrogen-bond acceptors (Lipinski definition) is 3. The Labute approximate surface area is 125 Å². The van der Waals surface area contributed by atoms with Crippen molar-refractivity contribution in [2.24, 2.45) is 0 Å². The molecular formula is C15H24N2O4. The van der Waals surface area contributed by atoms with E-state index in [1.165, 1.54) is 4.90 Å². The standard InChI is InChI=1S/C15H24N2O4/c18-13-8-3-1-2-5-9-16(13)11-14(19)17-10-6-4-7-12(17)15(20)21/h12H,1-11H2,(H,20,21). The van der Waals surface area contributed by atoms with Gasteiger partial charge in [-0.25, -0.2) is 4.79 Å². The number of carboxylic acids is 1. The summed E-state index contributed by atoms with van der Waals surface area (Å²) < 4.78 is 0. The van der Waals surface area contributed by atoms with Crippen LogP contribution in [-0.4, -0.2) is 58.4 Å². The summed E-state index contributed by atoms with van der Waals surface area (Å²) in [6, 6.07) is -0.726. The first kappa shape index (κ1) is 15.8. The van der Waals surface area contributed by atoms with Crippen molar-refractivity contribution in [1.29, 1.82) is 0 Å². The highest BCUT2D eigenvalue weighted by Crippen LogP contribution is 2.18. The van der Waals surface area contributed by atoms with Crippen molar-refractivity contribution in [2.75, 3.05) is 19.6 Å². The van der Waals surface area contributed by atoms with Gasteiger partial charge < -0.3 is 14.9 Å². The molecule has 21 heavy (non-hydrogen) atoms. The summed E-state index contributed by atoms with van der Waals surface area (Å²) in [4.78, 5) is 38.7. The van der Waals surface area contributed by atoms with Gasteiger partial charge in [-0.3, -0.25) is 9.59 Å². The van der Waals surface area contributed by atoms with E-state index >= 15 is 0 Å². The molecule has 6 heteroatoms. The van der Waals surface area contributed by atoms with Crippen LogP contribution in [0.25, 0.3) is 0 Å². The highest BCUT2D eigenvalue weighted by atomic mass is 16.4. The number of nitrogens with zero attached hydrogens (tertiary/aromatic N) is 2. The topological polar surface area (TPSA) is 77.9 Å². The zero-order valence-corrected chi connectivity index (χ0v) is 12.4. The van der Waals surface area contributed by atoms with Crippen LogP contribution in [0.5, 0.6) is 0 Å². The number of carbonyl (C=O) groups is 3. The minimum absolute atomic E-state index is 0.0203. The number of aliphatic carboxylic acids is 1. The number of carboxylic acid groups (broad SMARTS) is 1.